The third-order valence-electron chi connectivity index (χ3n) is 5.47. The van der Waals surface area contributed by atoms with Crippen LogP contribution in [0.3, 0.4) is 0 Å². The predicted octanol–water partition coefficient (Wildman–Crippen LogP) is 5.11. The SMILES string of the molecule is CC(C)(C)[C@H]1CCCC[C@H]1NP(=O)(c1ccccc1)c1ccccc1. The molecule has 1 N–H and O–H groups in total. The molecule has 0 heterocycles. The molecule has 25 heavy (non-hydrogen) atoms. The first-order valence-electron chi connectivity index (χ1n) is 9.40. The van der Waals surface area contributed by atoms with Crippen molar-refractivity contribution in [2.75, 3.05) is 0 Å². The molecular weight excluding hydrogens is 325 g/mol. The molecule has 2 atom stereocenters. The lowest BCUT2D eigenvalue weighted by Crippen LogP contribution is -2.45. The molecule has 0 spiro atoms. The summed E-state index contributed by atoms with van der Waals surface area (Å²) in [5, 5.41) is 5.48. The van der Waals surface area contributed by atoms with E-state index in [9.17, 15) is 4.57 Å². The average Bonchev–Trinajstić information content (AvgIpc) is 2.63. The average molecular weight is 355 g/mol. The largest absolute Gasteiger partial charge is 0.297 e. The molecule has 1 aliphatic rings. The first-order valence-corrected chi connectivity index (χ1v) is 11.1. The highest BCUT2D eigenvalue weighted by molar-refractivity contribution is 7.76. The standard InChI is InChI=1S/C22H30NOP/c1-22(2,3)20-16-10-11-17-21(20)23-25(24,18-12-6-4-7-13-18)19-14-8-5-9-15-19/h4-9,12-15,20-21H,10-11,16-17H2,1-3H3,(H,23,24)/t20-,21+/m0/s1. The monoisotopic (exact) mass is 355 g/mol. The molecule has 134 valence electrons. The Morgan fingerprint density at radius 3 is 1.80 bits per heavy atom. The molecule has 0 saturated heterocycles. The van der Waals surface area contributed by atoms with Gasteiger partial charge in [0.1, 0.15) is 0 Å². The Morgan fingerprint density at radius 2 is 1.32 bits per heavy atom. The molecule has 2 nitrogen and oxygen atoms in total. The summed E-state index contributed by atoms with van der Waals surface area (Å²) in [5.74, 6) is 0.544. The van der Waals surface area contributed by atoms with E-state index in [4.69, 9.17) is 0 Å². The van der Waals surface area contributed by atoms with E-state index in [-0.39, 0.29) is 5.41 Å². The van der Waals surface area contributed by atoms with Crippen LogP contribution >= 0.6 is 7.29 Å². The molecule has 3 rings (SSSR count). The lowest BCUT2D eigenvalue weighted by atomic mass is 9.70. The second-order valence-corrected chi connectivity index (χ2v) is 10.8. The third-order valence-corrected chi connectivity index (χ3v) is 8.21. The first kappa shape index (κ1) is 18.4. The summed E-state index contributed by atoms with van der Waals surface area (Å²) in [6.07, 6.45) is 4.81. The van der Waals surface area contributed by atoms with E-state index in [0.29, 0.717) is 12.0 Å². The van der Waals surface area contributed by atoms with Crippen molar-refractivity contribution in [2.45, 2.75) is 52.5 Å². The van der Waals surface area contributed by atoms with Gasteiger partial charge in [-0.15, -0.1) is 0 Å². The molecular formula is C22H30NOP. The third kappa shape index (κ3) is 4.07. The number of rotatable bonds is 4. The number of hydrogen-bond donors (Lipinski definition) is 1. The van der Waals surface area contributed by atoms with Gasteiger partial charge in [0.05, 0.1) is 0 Å². The van der Waals surface area contributed by atoms with E-state index >= 15 is 0 Å². The van der Waals surface area contributed by atoms with Crippen molar-refractivity contribution in [3.8, 4) is 0 Å². The van der Waals surface area contributed by atoms with Crippen molar-refractivity contribution >= 4 is 17.9 Å². The van der Waals surface area contributed by atoms with Gasteiger partial charge >= 0.3 is 0 Å². The van der Waals surface area contributed by atoms with Gasteiger partial charge in [-0.3, -0.25) is 9.65 Å². The van der Waals surface area contributed by atoms with Crippen LogP contribution in [0.15, 0.2) is 60.7 Å². The maximum absolute atomic E-state index is 14.2. The Kier molecular flexibility index (Phi) is 5.51. The van der Waals surface area contributed by atoms with Gasteiger partial charge in [-0.05, 0) is 48.4 Å². The Balaban J connectivity index is 2.00. The summed E-state index contributed by atoms with van der Waals surface area (Å²) < 4.78 is 14.2. The highest BCUT2D eigenvalue weighted by atomic mass is 31.2. The highest BCUT2D eigenvalue weighted by Crippen LogP contribution is 2.45. The van der Waals surface area contributed by atoms with Gasteiger partial charge in [-0.25, -0.2) is 0 Å². The minimum atomic E-state index is -2.85. The normalized spacial score (nSPS) is 21.9. The summed E-state index contributed by atoms with van der Waals surface area (Å²) in [7, 11) is -2.85. The molecule has 0 bridgehead atoms. The van der Waals surface area contributed by atoms with Crippen LogP contribution in [0.5, 0.6) is 0 Å². The molecule has 1 saturated carbocycles. The number of benzene rings is 2. The highest BCUT2D eigenvalue weighted by Gasteiger charge is 2.38. The van der Waals surface area contributed by atoms with Crippen LogP contribution in [0.4, 0.5) is 0 Å². The van der Waals surface area contributed by atoms with E-state index < -0.39 is 7.29 Å². The van der Waals surface area contributed by atoms with Crippen LogP contribution in [0.2, 0.25) is 0 Å². The summed E-state index contributed by atoms with van der Waals surface area (Å²) in [4.78, 5) is 0. The van der Waals surface area contributed by atoms with Crippen LogP contribution in [-0.2, 0) is 4.57 Å². The summed E-state index contributed by atoms with van der Waals surface area (Å²) in [5.41, 5.74) is 0.219. The van der Waals surface area contributed by atoms with Gasteiger partial charge in [-0.1, -0.05) is 70.0 Å². The summed E-state index contributed by atoms with van der Waals surface area (Å²) in [6.45, 7) is 6.94. The van der Waals surface area contributed by atoms with Crippen molar-refractivity contribution in [3.05, 3.63) is 60.7 Å². The topological polar surface area (TPSA) is 29.1 Å². The molecule has 0 aromatic heterocycles. The minimum Gasteiger partial charge on any atom is -0.297 e. The van der Waals surface area contributed by atoms with Crippen LogP contribution in [-0.4, -0.2) is 6.04 Å². The van der Waals surface area contributed by atoms with E-state index in [2.05, 4.69) is 25.9 Å². The molecule has 1 fully saturated rings. The zero-order valence-electron chi connectivity index (χ0n) is 15.6. The second kappa shape index (κ2) is 7.48. The van der Waals surface area contributed by atoms with Gasteiger partial charge in [0, 0.05) is 16.7 Å². The van der Waals surface area contributed by atoms with Crippen LogP contribution in [0, 0.1) is 11.3 Å². The van der Waals surface area contributed by atoms with Crippen molar-refractivity contribution in [1.82, 2.24) is 5.09 Å². The Labute approximate surface area is 152 Å². The van der Waals surface area contributed by atoms with E-state index in [1.165, 1.54) is 19.3 Å². The summed E-state index contributed by atoms with van der Waals surface area (Å²) >= 11 is 0. The Morgan fingerprint density at radius 1 is 0.840 bits per heavy atom. The lowest BCUT2D eigenvalue weighted by Gasteiger charge is -2.42. The molecule has 0 amide bonds. The molecule has 0 radical (unpaired) electrons. The maximum atomic E-state index is 14.2. The minimum absolute atomic E-state index is 0.219. The van der Waals surface area contributed by atoms with Gasteiger partial charge in [-0.2, -0.15) is 0 Å². The van der Waals surface area contributed by atoms with Crippen molar-refractivity contribution < 1.29 is 4.57 Å². The van der Waals surface area contributed by atoms with E-state index in [0.717, 1.165) is 17.0 Å². The van der Waals surface area contributed by atoms with Gasteiger partial charge in [0.2, 0.25) is 7.29 Å². The van der Waals surface area contributed by atoms with Gasteiger partial charge in [0.25, 0.3) is 0 Å². The fraction of sp³-hybridized carbons (Fsp3) is 0.455. The molecule has 2 aromatic carbocycles. The van der Waals surface area contributed by atoms with E-state index in [1.54, 1.807) is 0 Å². The predicted molar refractivity (Wildman–Crippen MR) is 108 cm³/mol. The van der Waals surface area contributed by atoms with Gasteiger partial charge < -0.3 is 0 Å². The zero-order chi connectivity index (χ0) is 17.9. The molecule has 0 aliphatic heterocycles. The van der Waals surface area contributed by atoms with Crippen molar-refractivity contribution in [2.24, 2.45) is 11.3 Å². The fourth-order valence-electron chi connectivity index (χ4n) is 4.13. The lowest BCUT2D eigenvalue weighted by molar-refractivity contribution is 0.144. The van der Waals surface area contributed by atoms with E-state index in [1.807, 2.05) is 60.7 Å². The molecule has 0 unspecified atom stereocenters. The quantitative estimate of drug-likeness (QED) is 0.772. The molecule has 3 heteroatoms. The van der Waals surface area contributed by atoms with Crippen LogP contribution in [0.25, 0.3) is 0 Å². The number of hydrogen-bond acceptors (Lipinski definition) is 1. The van der Waals surface area contributed by atoms with Crippen molar-refractivity contribution in [3.63, 3.8) is 0 Å². The van der Waals surface area contributed by atoms with Crippen molar-refractivity contribution in [1.29, 1.82) is 0 Å². The Bertz CT molecular complexity index is 677. The fourth-order valence-corrected chi connectivity index (χ4v) is 6.69. The molecule has 2 aromatic rings. The molecule has 1 aliphatic carbocycles. The maximum Gasteiger partial charge on any atom is 0.204 e. The van der Waals surface area contributed by atoms with Crippen LogP contribution < -0.4 is 15.7 Å². The first-order chi connectivity index (χ1) is 11.9. The van der Waals surface area contributed by atoms with Gasteiger partial charge in [0.15, 0.2) is 0 Å². The zero-order valence-corrected chi connectivity index (χ0v) is 16.5. The summed E-state index contributed by atoms with van der Waals surface area (Å²) in [6, 6.07) is 20.2. The number of nitrogens with one attached hydrogen (secondary N) is 1. The van der Waals surface area contributed by atoms with Crippen LogP contribution in [0.1, 0.15) is 46.5 Å². The second-order valence-electron chi connectivity index (χ2n) is 8.27. The smallest absolute Gasteiger partial charge is 0.204 e. The Hall–Kier alpha value is -1.37.